The van der Waals surface area contributed by atoms with Crippen molar-refractivity contribution in [1.82, 2.24) is 5.32 Å². The molecule has 2 N–H and O–H groups in total. The molecular weight excluding hydrogens is 312 g/mol. The molecule has 2 unspecified atom stereocenters. The molecule has 0 heterocycles. The molecule has 3 rings (SSSR count). The Morgan fingerprint density at radius 1 is 1.08 bits per heavy atom. The minimum absolute atomic E-state index is 0.00664. The average Bonchev–Trinajstić information content (AvgIpc) is 3.36. The Bertz CT molecular complexity index is 710. The van der Waals surface area contributed by atoms with Crippen molar-refractivity contribution in [2.75, 3.05) is 6.54 Å². The third-order valence-electron chi connectivity index (χ3n) is 4.42. The third kappa shape index (κ3) is 3.62. The fraction of sp³-hybridized carbons (Fsp3) is 0.316. The van der Waals surface area contributed by atoms with Crippen LogP contribution in [-0.4, -0.2) is 17.6 Å². The van der Waals surface area contributed by atoms with Crippen molar-refractivity contribution in [3.63, 3.8) is 0 Å². The molecule has 126 valence electrons. The number of benzene rings is 2. The molecule has 0 bridgehead atoms. The number of nitrogens with one attached hydrogen (secondary N) is 1. The second-order valence-corrected chi connectivity index (χ2v) is 6.10. The summed E-state index contributed by atoms with van der Waals surface area (Å²) >= 11 is 0. The Hall–Kier alpha value is -2.27. The first-order chi connectivity index (χ1) is 11.6. The Kier molecular flexibility index (Phi) is 4.90. The molecule has 0 spiro atoms. The summed E-state index contributed by atoms with van der Waals surface area (Å²) in [7, 11) is 0. The van der Waals surface area contributed by atoms with Gasteiger partial charge in [-0.15, -0.1) is 0 Å². The summed E-state index contributed by atoms with van der Waals surface area (Å²) in [5, 5.41) is 11.8. The molecule has 2 aromatic rings. The topological polar surface area (TPSA) is 49.3 Å². The predicted octanol–water partition coefficient (Wildman–Crippen LogP) is 2.92. The van der Waals surface area contributed by atoms with Crippen molar-refractivity contribution in [1.29, 1.82) is 0 Å². The highest BCUT2D eigenvalue weighted by atomic mass is 19.1. The summed E-state index contributed by atoms with van der Waals surface area (Å²) in [5.41, 5.74) is 1.92. The largest absolute Gasteiger partial charge is 0.392 e. The van der Waals surface area contributed by atoms with Crippen molar-refractivity contribution in [3.8, 4) is 0 Å². The highest BCUT2D eigenvalue weighted by Gasteiger charge is 2.46. The van der Waals surface area contributed by atoms with Crippen LogP contribution in [0, 0.1) is 17.6 Å². The molecule has 0 aromatic heterocycles. The van der Waals surface area contributed by atoms with Gasteiger partial charge in [-0.2, -0.15) is 0 Å². The minimum Gasteiger partial charge on any atom is -0.392 e. The standard InChI is InChI=1S/C19H19F2NO2/c20-16-2-1-3-17(21)18(16)14-10-15(14)19(24)22-9-8-12-4-6-13(11-23)7-5-12/h1-7,14-15,23H,8-11H2,(H,22,24). The van der Waals surface area contributed by atoms with E-state index in [2.05, 4.69) is 5.32 Å². The Balaban J connectivity index is 1.50. The van der Waals surface area contributed by atoms with Crippen LogP contribution < -0.4 is 5.32 Å². The van der Waals surface area contributed by atoms with Crippen molar-refractivity contribution < 1.29 is 18.7 Å². The van der Waals surface area contributed by atoms with Gasteiger partial charge in [0.1, 0.15) is 11.6 Å². The second kappa shape index (κ2) is 7.09. The van der Waals surface area contributed by atoms with Gasteiger partial charge in [0.05, 0.1) is 6.61 Å². The zero-order chi connectivity index (χ0) is 17.1. The number of aliphatic hydroxyl groups is 1. The molecule has 0 radical (unpaired) electrons. The number of hydrogen-bond acceptors (Lipinski definition) is 2. The van der Waals surface area contributed by atoms with Gasteiger partial charge in [0.15, 0.2) is 0 Å². The quantitative estimate of drug-likeness (QED) is 0.855. The molecular formula is C19H19F2NO2. The van der Waals surface area contributed by atoms with Gasteiger partial charge in [-0.1, -0.05) is 30.3 Å². The van der Waals surface area contributed by atoms with Gasteiger partial charge in [0, 0.05) is 23.9 Å². The van der Waals surface area contributed by atoms with E-state index in [1.165, 1.54) is 18.2 Å². The van der Waals surface area contributed by atoms with Gasteiger partial charge >= 0.3 is 0 Å². The predicted molar refractivity (Wildman–Crippen MR) is 86.3 cm³/mol. The lowest BCUT2D eigenvalue weighted by molar-refractivity contribution is -0.122. The number of hydrogen-bond donors (Lipinski definition) is 2. The van der Waals surface area contributed by atoms with Gasteiger partial charge in [-0.25, -0.2) is 8.78 Å². The molecule has 2 aromatic carbocycles. The summed E-state index contributed by atoms with van der Waals surface area (Å²) < 4.78 is 27.4. The number of carbonyl (C=O) groups is 1. The molecule has 3 nitrogen and oxygen atoms in total. The lowest BCUT2D eigenvalue weighted by Gasteiger charge is -2.07. The Morgan fingerprint density at radius 3 is 2.33 bits per heavy atom. The molecule has 1 aliphatic rings. The van der Waals surface area contributed by atoms with Crippen molar-refractivity contribution in [2.45, 2.75) is 25.4 Å². The number of aliphatic hydroxyl groups excluding tert-OH is 1. The molecule has 1 amide bonds. The van der Waals surface area contributed by atoms with E-state index >= 15 is 0 Å². The van der Waals surface area contributed by atoms with Crippen LogP contribution in [0.2, 0.25) is 0 Å². The maximum atomic E-state index is 13.7. The summed E-state index contributed by atoms with van der Waals surface area (Å²) in [6.07, 6.45) is 1.15. The molecule has 1 fully saturated rings. The Labute approximate surface area is 139 Å². The number of rotatable bonds is 6. The van der Waals surface area contributed by atoms with Gasteiger partial charge in [0.2, 0.25) is 5.91 Å². The highest BCUT2D eigenvalue weighted by molar-refractivity contribution is 5.82. The van der Waals surface area contributed by atoms with Crippen LogP contribution in [0.15, 0.2) is 42.5 Å². The first-order valence-corrected chi connectivity index (χ1v) is 8.00. The first-order valence-electron chi connectivity index (χ1n) is 8.00. The SMILES string of the molecule is O=C(NCCc1ccc(CO)cc1)C1CC1c1c(F)cccc1F. The van der Waals surface area contributed by atoms with Crippen LogP contribution >= 0.6 is 0 Å². The maximum absolute atomic E-state index is 13.7. The van der Waals surface area contributed by atoms with Crippen LogP contribution in [0.1, 0.15) is 29.0 Å². The second-order valence-electron chi connectivity index (χ2n) is 6.10. The normalized spacial score (nSPS) is 19.1. The average molecular weight is 331 g/mol. The lowest BCUT2D eigenvalue weighted by Crippen LogP contribution is -2.27. The first kappa shape index (κ1) is 16.6. The Morgan fingerprint density at radius 2 is 1.71 bits per heavy atom. The van der Waals surface area contributed by atoms with E-state index in [1.807, 2.05) is 24.3 Å². The van der Waals surface area contributed by atoms with Gasteiger partial charge in [-0.3, -0.25) is 4.79 Å². The van der Waals surface area contributed by atoms with Gasteiger partial charge < -0.3 is 10.4 Å². The van der Waals surface area contributed by atoms with Crippen molar-refractivity contribution in [3.05, 3.63) is 70.8 Å². The molecule has 1 saturated carbocycles. The van der Waals surface area contributed by atoms with E-state index in [9.17, 15) is 13.6 Å². The monoisotopic (exact) mass is 331 g/mol. The van der Waals surface area contributed by atoms with E-state index in [4.69, 9.17) is 5.11 Å². The summed E-state index contributed by atoms with van der Waals surface area (Å²) in [5.74, 6) is -2.05. The van der Waals surface area contributed by atoms with Crippen LogP contribution in [-0.2, 0) is 17.8 Å². The molecule has 1 aliphatic carbocycles. The van der Waals surface area contributed by atoms with Gasteiger partial charge in [-0.05, 0) is 36.1 Å². The number of amides is 1. The molecule has 0 aliphatic heterocycles. The fourth-order valence-electron chi connectivity index (χ4n) is 2.94. The van der Waals surface area contributed by atoms with E-state index in [1.54, 1.807) is 0 Å². The van der Waals surface area contributed by atoms with E-state index in [0.29, 0.717) is 19.4 Å². The zero-order valence-corrected chi connectivity index (χ0v) is 13.1. The van der Waals surface area contributed by atoms with Crippen LogP contribution in [0.5, 0.6) is 0 Å². The molecule has 5 heteroatoms. The van der Waals surface area contributed by atoms with E-state index in [-0.39, 0.29) is 29.9 Å². The smallest absolute Gasteiger partial charge is 0.223 e. The van der Waals surface area contributed by atoms with Gasteiger partial charge in [0.25, 0.3) is 0 Å². The zero-order valence-electron chi connectivity index (χ0n) is 13.1. The van der Waals surface area contributed by atoms with Crippen molar-refractivity contribution in [2.24, 2.45) is 5.92 Å². The van der Waals surface area contributed by atoms with Crippen molar-refractivity contribution >= 4 is 5.91 Å². The third-order valence-corrected chi connectivity index (χ3v) is 4.42. The molecule has 2 atom stereocenters. The summed E-state index contributed by atoms with van der Waals surface area (Å²) in [6, 6.07) is 11.3. The molecule has 0 saturated heterocycles. The van der Waals surface area contributed by atoms with Crippen LogP contribution in [0.25, 0.3) is 0 Å². The molecule has 24 heavy (non-hydrogen) atoms. The number of halogens is 2. The summed E-state index contributed by atoms with van der Waals surface area (Å²) in [4.78, 5) is 12.1. The minimum atomic E-state index is -0.584. The fourth-order valence-corrected chi connectivity index (χ4v) is 2.94. The van der Waals surface area contributed by atoms with Crippen LogP contribution in [0.3, 0.4) is 0 Å². The van der Waals surface area contributed by atoms with E-state index < -0.39 is 11.6 Å². The van der Waals surface area contributed by atoms with E-state index in [0.717, 1.165) is 11.1 Å². The summed E-state index contributed by atoms with van der Waals surface area (Å²) in [6.45, 7) is 0.479. The number of carbonyl (C=O) groups excluding carboxylic acids is 1. The maximum Gasteiger partial charge on any atom is 0.223 e. The van der Waals surface area contributed by atoms with Crippen LogP contribution in [0.4, 0.5) is 8.78 Å². The lowest BCUT2D eigenvalue weighted by atomic mass is 10.1. The highest BCUT2D eigenvalue weighted by Crippen LogP contribution is 2.49.